The maximum Gasteiger partial charge on any atom is 0.263 e. The fraction of sp³-hybridized carbons (Fsp3) is 0.385. The van der Waals surface area contributed by atoms with Gasteiger partial charge in [-0.3, -0.25) is 4.72 Å². The molecule has 0 saturated carbocycles. The van der Waals surface area contributed by atoms with E-state index in [0.717, 1.165) is 11.1 Å². The van der Waals surface area contributed by atoms with Crippen molar-refractivity contribution in [1.82, 2.24) is 15.5 Å². The molecular weight excluding hydrogens is 308 g/mol. The maximum absolute atomic E-state index is 12.6. The van der Waals surface area contributed by atoms with Gasteiger partial charge in [-0.2, -0.15) is 0 Å². The molecule has 0 spiro atoms. The van der Waals surface area contributed by atoms with Gasteiger partial charge in [0, 0.05) is 6.54 Å². The second-order valence-corrected chi connectivity index (χ2v) is 7.39. The molecule has 114 valence electrons. The van der Waals surface area contributed by atoms with E-state index in [4.69, 9.17) is 0 Å². The molecule has 0 unspecified atom stereocenters. The quantitative estimate of drug-likeness (QED) is 0.847. The van der Waals surface area contributed by atoms with E-state index in [2.05, 4.69) is 20.2 Å². The number of sulfonamides is 1. The zero-order valence-electron chi connectivity index (χ0n) is 12.2. The summed E-state index contributed by atoms with van der Waals surface area (Å²) in [6.07, 6.45) is 0.644. The van der Waals surface area contributed by atoms with Crippen LogP contribution in [0.1, 0.15) is 23.1 Å². The van der Waals surface area contributed by atoms with Gasteiger partial charge >= 0.3 is 0 Å². The minimum absolute atomic E-state index is 0.286. The molecule has 1 aromatic heterocycles. The van der Waals surface area contributed by atoms with E-state index in [-0.39, 0.29) is 5.13 Å². The summed E-state index contributed by atoms with van der Waals surface area (Å²) in [6.45, 7) is 4.33. The molecular formula is C13H18N4O2S2. The number of benzene rings is 1. The second kappa shape index (κ2) is 6.50. The Morgan fingerprint density at radius 1 is 1.29 bits per heavy atom. The van der Waals surface area contributed by atoms with Crippen LogP contribution in [0.15, 0.2) is 23.1 Å². The van der Waals surface area contributed by atoms with Crippen molar-refractivity contribution >= 4 is 26.5 Å². The molecule has 6 nitrogen and oxygen atoms in total. The monoisotopic (exact) mass is 326 g/mol. The Balaban J connectivity index is 2.39. The van der Waals surface area contributed by atoms with Crippen LogP contribution < -0.4 is 10.0 Å². The van der Waals surface area contributed by atoms with E-state index in [9.17, 15) is 8.42 Å². The highest BCUT2D eigenvalue weighted by Gasteiger charge is 2.20. The normalized spacial score (nSPS) is 11.6. The third-order valence-corrected chi connectivity index (χ3v) is 5.24. The summed E-state index contributed by atoms with van der Waals surface area (Å²) in [5, 5.41) is 11.6. The number of aryl methyl sites for hydroxylation is 2. The molecule has 0 saturated heterocycles. The van der Waals surface area contributed by atoms with Crippen LogP contribution in [0.5, 0.6) is 0 Å². The Hall–Kier alpha value is -1.51. The minimum atomic E-state index is -3.65. The first-order valence-corrected chi connectivity index (χ1v) is 8.85. The number of hydrogen-bond donors (Lipinski definition) is 2. The zero-order valence-corrected chi connectivity index (χ0v) is 13.8. The van der Waals surface area contributed by atoms with Gasteiger partial charge in [0.2, 0.25) is 5.13 Å². The second-order valence-electron chi connectivity index (χ2n) is 4.56. The lowest BCUT2D eigenvalue weighted by Gasteiger charge is -2.11. The first kappa shape index (κ1) is 15.9. The third-order valence-electron chi connectivity index (χ3n) is 2.93. The molecule has 8 heteroatoms. The van der Waals surface area contributed by atoms with Crippen molar-refractivity contribution in [2.45, 2.75) is 31.7 Å². The first-order chi connectivity index (χ1) is 9.96. The summed E-state index contributed by atoms with van der Waals surface area (Å²) < 4.78 is 27.6. The first-order valence-electron chi connectivity index (χ1n) is 6.55. The lowest BCUT2D eigenvalue weighted by molar-refractivity contribution is 0.599. The average molecular weight is 326 g/mol. The summed E-state index contributed by atoms with van der Waals surface area (Å²) in [7, 11) is -1.83. The molecule has 2 N–H and O–H groups in total. The van der Waals surface area contributed by atoms with Crippen LogP contribution in [0.3, 0.4) is 0 Å². The van der Waals surface area contributed by atoms with Gasteiger partial charge < -0.3 is 5.32 Å². The molecule has 0 fully saturated rings. The lowest BCUT2D eigenvalue weighted by atomic mass is 10.1. The van der Waals surface area contributed by atoms with E-state index in [1.54, 1.807) is 13.0 Å². The molecule has 1 heterocycles. The molecule has 0 aliphatic rings. The van der Waals surface area contributed by atoms with Gasteiger partial charge in [0.1, 0.15) is 5.01 Å². The highest BCUT2D eigenvalue weighted by Crippen LogP contribution is 2.23. The van der Waals surface area contributed by atoms with E-state index in [1.807, 2.05) is 26.1 Å². The van der Waals surface area contributed by atoms with Crippen LogP contribution in [-0.2, 0) is 23.0 Å². The summed E-state index contributed by atoms with van der Waals surface area (Å²) >= 11 is 1.21. The number of rotatable bonds is 6. The molecule has 21 heavy (non-hydrogen) atoms. The Morgan fingerprint density at radius 3 is 2.62 bits per heavy atom. The number of nitrogens with zero attached hydrogens (tertiary/aromatic N) is 2. The predicted octanol–water partition coefficient (Wildman–Crippen LogP) is 1.93. The van der Waals surface area contributed by atoms with Gasteiger partial charge in [-0.15, -0.1) is 10.2 Å². The van der Waals surface area contributed by atoms with Crippen molar-refractivity contribution in [1.29, 1.82) is 0 Å². The van der Waals surface area contributed by atoms with E-state index >= 15 is 0 Å². The van der Waals surface area contributed by atoms with Crippen molar-refractivity contribution in [2.24, 2.45) is 0 Å². The summed E-state index contributed by atoms with van der Waals surface area (Å²) in [5.74, 6) is 0. The largest absolute Gasteiger partial charge is 0.316 e. The maximum atomic E-state index is 12.6. The van der Waals surface area contributed by atoms with E-state index in [0.29, 0.717) is 22.9 Å². The molecule has 0 radical (unpaired) electrons. The average Bonchev–Trinajstić information content (AvgIpc) is 2.83. The zero-order chi connectivity index (χ0) is 15.5. The van der Waals surface area contributed by atoms with Crippen LogP contribution in [0, 0.1) is 6.92 Å². The van der Waals surface area contributed by atoms with Gasteiger partial charge in [0.15, 0.2) is 0 Å². The predicted molar refractivity (Wildman–Crippen MR) is 84.0 cm³/mol. The Morgan fingerprint density at radius 2 is 2.05 bits per heavy atom. The number of aromatic nitrogens is 2. The van der Waals surface area contributed by atoms with Gasteiger partial charge in [-0.25, -0.2) is 8.42 Å². The van der Waals surface area contributed by atoms with E-state index in [1.165, 1.54) is 11.3 Å². The molecule has 2 aromatic rings. The molecule has 0 amide bonds. The molecule has 0 aliphatic heterocycles. The fourth-order valence-electron chi connectivity index (χ4n) is 1.96. The lowest BCUT2D eigenvalue weighted by Crippen LogP contribution is -2.16. The van der Waals surface area contributed by atoms with Gasteiger partial charge in [0.05, 0.1) is 4.90 Å². The highest BCUT2D eigenvalue weighted by molar-refractivity contribution is 7.93. The van der Waals surface area contributed by atoms with E-state index < -0.39 is 10.0 Å². The Bertz CT molecular complexity index is 726. The standard InChI is InChI=1S/C13H18N4O2S2/c1-4-11-6-5-10(8-14-3)7-12(11)21(18,19)17-13-16-15-9(2)20-13/h5-7,14H,4,8H2,1-3H3,(H,16,17). The topological polar surface area (TPSA) is 84.0 Å². The smallest absolute Gasteiger partial charge is 0.263 e. The molecule has 1 aromatic carbocycles. The van der Waals surface area contributed by atoms with Crippen molar-refractivity contribution in [3.05, 3.63) is 34.3 Å². The Kier molecular flexibility index (Phi) is 4.92. The number of nitrogens with one attached hydrogen (secondary N) is 2. The third kappa shape index (κ3) is 3.78. The highest BCUT2D eigenvalue weighted by atomic mass is 32.2. The molecule has 0 atom stereocenters. The summed E-state index contributed by atoms with van der Waals surface area (Å²) in [5.41, 5.74) is 1.70. The van der Waals surface area contributed by atoms with Crippen LogP contribution in [0.2, 0.25) is 0 Å². The number of anilines is 1. The van der Waals surface area contributed by atoms with Crippen LogP contribution in [0.4, 0.5) is 5.13 Å². The van der Waals surface area contributed by atoms with Gasteiger partial charge in [-0.05, 0) is 37.6 Å². The van der Waals surface area contributed by atoms with Gasteiger partial charge in [-0.1, -0.05) is 30.4 Å². The number of hydrogen-bond acceptors (Lipinski definition) is 6. The van der Waals surface area contributed by atoms with Crippen LogP contribution in [-0.4, -0.2) is 25.7 Å². The van der Waals surface area contributed by atoms with Crippen molar-refractivity contribution in [3.8, 4) is 0 Å². The van der Waals surface area contributed by atoms with Crippen molar-refractivity contribution < 1.29 is 8.42 Å². The summed E-state index contributed by atoms with van der Waals surface area (Å²) in [4.78, 5) is 0.297. The summed E-state index contributed by atoms with van der Waals surface area (Å²) in [6, 6.07) is 5.49. The minimum Gasteiger partial charge on any atom is -0.316 e. The fourth-order valence-corrected chi connectivity index (χ4v) is 4.15. The molecule has 2 rings (SSSR count). The van der Waals surface area contributed by atoms with Crippen molar-refractivity contribution in [3.63, 3.8) is 0 Å². The SMILES string of the molecule is CCc1ccc(CNC)cc1S(=O)(=O)Nc1nnc(C)s1. The van der Waals surface area contributed by atoms with Crippen LogP contribution >= 0.6 is 11.3 Å². The van der Waals surface area contributed by atoms with Gasteiger partial charge in [0.25, 0.3) is 10.0 Å². The van der Waals surface area contributed by atoms with Crippen LogP contribution in [0.25, 0.3) is 0 Å². The Labute approximate surface area is 128 Å². The molecule has 0 bridgehead atoms. The molecule has 0 aliphatic carbocycles. The van der Waals surface area contributed by atoms with Crippen molar-refractivity contribution in [2.75, 3.05) is 11.8 Å².